The van der Waals surface area contributed by atoms with Gasteiger partial charge in [-0.25, -0.2) is 0 Å². The van der Waals surface area contributed by atoms with Crippen LogP contribution in [0.5, 0.6) is 5.75 Å². The first-order chi connectivity index (χ1) is 15.9. The van der Waals surface area contributed by atoms with Crippen molar-refractivity contribution in [3.8, 4) is 5.75 Å². The van der Waals surface area contributed by atoms with Gasteiger partial charge in [0.25, 0.3) is 0 Å². The number of hydrogen-bond donors (Lipinski definition) is 3. The molecule has 0 saturated carbocycles. The fraction of sp³-hybridized carbons (Fsp3) is 0.348. The van der Waals surface area contributed by atoms with Gasteiger partial charge in [0.1, 0.15) is 11.6 Å². The van der Waals surface area contributed by atoms with Gasteiger partial charge in [-0.15, -0.1) is 0 Å². The van der Waals surface area contributed by atoms with Gasteiger partial charge < -0.3 is 25.4 Å². The Morgan fingerprint density at radius 1 is 1.09 bits per heavy atom. The minimum Gasteiger partial charge on any atom is -0.494 e. The van der Waals surface area contributed by atoms with E-state index in [1.54, 1.807) is 36.4 Å². The summed E-state index contributed by atoms with van der Waals surface area (Å²) in [5, 5.41) is 16.7. The standard InChI is InChI=1S/C23H27N5O5/c24-21(25)17-3-5-18(6-4-17)33-14-2-1-11-27-12-13-28(23(32)22(27)31)19(15-20(29)30)16-7-9-26-10-8-16/h3-10,19H,1-2,11-15H2,(H3,24,25)(H,29,30). The van der Waals surface area contributed by atoms with Crippen LogP contribution in [0.25, 0.3) is 0 Å². The zero-order valence-electron chi connectivity index (χ0n) is 18.1. The first-order valence-electron chi connectivity index (χ1n) is 10.7. The molecule has 0 bridgehead atoms. The van der Waals surface area contributed by atoms with E-state index < -0.39 is 23.8 Å². The Morgan fingerprint density at radius 3 is 2.42 bits per heavy atom. The second-order valence-corrected chi connectivity index (χ2v) is 7.68. The molecule has 2 aromatic rings. The number of carbonyl (C=O) groups excluding carboxylic acids is 2. The Bertz CT molecular complexity index is 996. The minimum atomic E-state index is -1.05. The van der Waals surface area contributed by atoms with Gasteiger partial charge in [-0.05, 0) is 54.8 Å². The van der Waals surface area contributed by atoms with Crippen molar-refractivity contribution in [3.05, 3.63) is 59.9 Å². The van der Waals surface area contributed by atoms with Crippen LogP contribution < -0.4 is 10.5 Å². The summed E-state index contributed by atoms with van der Waals surface area (Å²) >= 11 is 0. The molecule has 0 spiro atoms. The Labute approximate surface area is 191 Å². The lowest BCUT2D eigenvalue weighted by molar-refractivity contribution is -0.159. The number of benzene rings is 1. The molecule has 1 unspecified atom stereocenters. The van der Waals surface area contributed by atoms with Crippen LogP contribution in [-0.2, 0) is 14.4 Å². The zero-order valence-corrected chi connectivity index (χ0v) is 18.1. The number of nitrogens with two attached hydrogens (primary N) is 1. The number of ether oxygens (including phenoxy) is 1. The predicted octanol–water partition coefficient (Wildman–Crippen LogP) is 1.41. The fourth-order valence-electron chi connectivity index (χ4n) is 3.68. The zero-order chi connectivity index (χ0) is 23.8. The molecule has 4 N–H and O–H groups in total. The molecule has 1 aromatic carbocycles. The van der Waals surface area contributed by atoms with Crippen molar-refractivity contribution in [2.45, 2.75) is 25.3 Å². The number of nitrogens with zero attached hydrogens (tertiary/aromatic N) is 3. The molecule has 2 amide bonds. The highest BCUT2D eigenvalue weighted by molar-refractivity contribution is 6.35. The maximum atomic E-state index is 12.8. The lowest BCUT2D eigenvalue weighted by Gasteiger charge is -2.38. The third-order valence-corrected chi connectivity index (χ3v) is 5.43. The van der Waals surface area contributed by atoms with Crippen LogP contribution >= 0.6 is 0 Å². The number of amides is 2. The van der Waals surface area contributed by atoms with E-state index in [4.69, 9.17) is 15.9 Å². The molecular formula is C23H27N5O5. The van der Waals surface area contributed by atoms with E-state index in [1.807, 2.05) is 0 Å². The van der Waals surface area contributed by atoms with Gasteiger partial charge in [-0.2, -0.15) is 0 Å². The Morgan fingerprint density at radius 2 is 1.79 bits per heavy atom. The van der Waals surface area contributed by atoms with Crippen LogP contribution in [0.2, 0.25) is 0 Å². The lowest BCUT2D eigenvalue weighted by atomic mass is 10.0. The summed E-state index contributed by atoms with van der Waals surface area (Å²) in [7, 11) is 0. The smallest absolute Gasteiger partial charge is 0.312 e. The first-order valence-corrected chi connectivity index (χ1v) is 10.7. The lowest BCUT2D eigenvalue weighted by Crippen LogP contribution is -2.55. The molecule has 174 valence electrons. The van der Waals surface area contributed by atoms with Crippen LogP contribution in [0, 0.1) is 5.41 Å². The number of carbonyl (C=O) groups is 3. The minimum absolute atomic E-state index is 0.00378. The average molecular weight is 453 g/mol. The van der Waals surface area contributed by atoms with Gasteiger partial charge in [-0.1, -0.05) is 0 Å². The Hall–Kier alpha value is -3.95. The van der Waals surface area contributed by atoms with Crippen LogP contribution in [0.4, 0.5) is 0 Å². The molecule has 10 heteroatoms. The highest BCUT2D eigenvalue weighted by atomic mass is 16.5. The van der Waals surface area contributed by atoms with E-state index >= 15 is 0 Å². The highest BCUT2D eigenvalue weighted by Gasteiger charge is 2.37. The Kier molecular flexibility index (Phi) is 7.96. The van der Waals surface area contributed by atoms with Crippen molar-refractivity contribution in [2.24, 2.45) is 5.73 Å². The number of nitrogens with one attached hydrogen (secondary N) is 1. The summed E-state index contributed by atoms with van der Waals surface area (Å²) in [6, 6.07) is 9.52. The maximum Gasteiger partial charge on any atom is 0.312 e. The van der Waals surface area contributed by atoms with Crippen molar-refractivity contribution in [2.75, 3.05) is 26.2 Å². The summed E-state index contributed by atoms with van der Waals surface area (Å²) in [5.41, 5.74) is 6.68. The molecule has 2 heterocycles. The monoisotopic (exact) mass is 453 g/mol. The number of aromatic nitrogens is 1. The molecule has 10 nitrogen and oxygen atoms in total. The fourth-order valence-corrected chi connectivity index (χ4v) is 3.68. The number of carboxylic acid groups (broad SMARTS) is 1. The van der Waals surface area contributed by atoms with Gasteiger partial charge in [0, 0.05) is 37.6 Å². The number of rotatable bonds is 11. The highest BCUT2D eigenvalue weighted by Crippen LogP contribution is 2.26. The number of unbranched alkanes of at least 4 members (excludes halogenated alkanes) is 1. The summed E-state index contributed by atoms with van der Waals surface area (Å²) in [6.07, 6.45) is 4.13. The summed E-state index contributed by atoms with van der Waals surface area (Å²) in [5.74, 6) is -1.69. The molecule has 3 rings (SSSR count). The number of aliphatic carboxylic acids is 1. The molecule has 33 heavy (non-hydrogen) atoms. The van der Waals surface area contributed by atoms with Crippen LogP contribution in [-0.4, -0.2) is 69.8 Å². The molecule has 1 fully saturated rings. The normalized spacial score (nSPS) is 14.8. The van der Waals surface area contributed by atoms with Gasteiger partial charge in [0.2, 0.25) is 0 Å². The van der Waals surface area contributed by atoms with Crippen LogP contribution in [0.1, 0.15) is 36.4 Å². The number of carboxylic acids is 1. The van der Waals surface area contributed by atoms with Crippen LogP contribution in [0.3, 0.4) is 0 Å². The van der Waals surface area contributed by atoms with E-state index in [0.29, 0.717) is 49.4 Å². The van der Waals surface area contributed by atoms with Gasteiger partial charge in [-0.3, -0.25) is 24.8 Å². The van der Waals surface area contributed by atoms with E-state index in [0.717, 1.165) is 0 Å². The van der Waals surface area contributed by atoms with Crippen molar-refractivity contribution >= 4 is 23.6 Å². The van der Waals surface area contributed by atoms with Crippen molar-refractivity contribution < 1.29 is 24.2 Å². The number of hydrogen-bond acceptors (Lipinski definition) is 6. The predicted molar refractivity (Wildman–Crippen MR) is 120 cm³/mol. The van der Waals surface area contributed by atoms with Crippen LogP contribution in [0.15, 0.2) is 48.8 Å². The van der Waals surface area contributed by atoms with Gasteiger partial charge in [0.15, 0.2) is 0 Å². The molecule has 0 radical (unpaired) electrons. The molecule has 1 aliphatic heterocycles. The number of pyridine rings is 1. The first kappa shape index (κ1) is 23.7. The third kappa shape index (κ3) is 6.28. The van der Waals surface area contributed by atoms with E-state index in [-0.39, 0.29) is 18.8 Å². The molecule has 1 aliphatic rings. The summed E-state index contributed by atoms with van der Waals surface area (Å²) in [6.45, 7) is 1.48. The Balaban J connectivity index is 1.48. The quantitative estimate of drug-likeness (QED) is 0.201. The maximum absolute atomic E-state index is 12.8. The second-order valence-electron chi connectivity index (χ2n) is 7.68. The van der Waals surface area contributed by atoms with Gasteiger partial charge >= 0.3 is 17.8 Å². The molecular weight excluding hydrogens is 426 g/mol. The number of nitrogen functional groups attached to an aromatic ring is 1. The summed E-state index contributed by atoms with van der Waals surface area (Å²) in [4.78, 5) is 43.5. The SMILES string of the molecule is N=C(N)c1ccc(OCCCCN2CCN(C(CC(=O)O)c3ccncc3)C(=O)C2=O)cc1. The second kappa shape index (κ2) is 11.1. The largest absolute Gasteiger partial charge is 0.494 e. The topological polar surface area (TPSA) is 150 Å². The molecule has 1 aromatic heterocycles. The van der Waals surface area contributed by atoms with E-state index in [1.165, 1.54) is 22.2 Å². The van der Waals surface area contributed by atoms with E-state index in [2.05, 4.69) is 4.98 Å². The van der Waals surface area contributed by atoms with Crippen molar-refractivity contribution in [1.82, 2.24) is 14.8 Å². The summed E-state index contributed by atoms with van der Waals surface area (Å²) < 4.78 is 5.66. The molecule has 1 atom stereocenters. The van der Waals surface area contributed by atoms with Crippen molar-refractivity contribution in [3.63, 3.8) is 0 Å². The van der Waals surface area contributed by atoms with E-state index in [9.17, 15) is 19.5 Å². The number of piperazine rings is 1. The number of amidine groups is 1. The van der Waals surface area contributed by atoms with Crippen molar-refractivity contribution in [1.29, 1.82) is 5.41 Å². The average Bonchev–Trinajstić information content (AvgIpc) is 2.81. The molecule has 0 aliphatic carbocycles. The molecule has 1 saturated heterocycles. The third-order valence-electron chi connectivity index (χ3n) is 5.43. The van der Waals surface area contributed by atoms with Gasteiger partial charge in [0.05, 0.1) is 19.1 Å².